The predicted molar refractivity (Wildman–Crippen MR) is 143 cm³/mol. The van der Waals surface area contributed by atoms with Gasteiger partial charge in [-0.25, -0.2) is 0 Å². The van der Waals surface area contributed by atoms with Gasteiger partial charge in [0.15, 0.2) is 5.11 Å². The van der Waals surface area contributed by atoms with Crippen molar-refractivity contribution in [3.63, 3.8) is 0 Å². The molecule has 3 N–H and O–H groups in total. The number of hydrogen-bond acceptors (Lipinski definition) is 3. The quantitative estimate of drug-likeness (QED) is 0.258. The molecule has 4 aromatic rings. The van der Waals surface area contributed by atoms with Crippen LogP contribution in [-0.2, 0) is 16.0 Å². The second-order valence-corrected chi connectivity index (χ2v) is 8.04. The minimum absolute atomic E-state index is 0.113. The summed E-state index contributed by atoms with van der Waals surface area (Å²) in [4.78, 5) is 24.7. The van der Waals surface area contributed by atoms with Gasteiger partial charge >= 0.3 is 0 Å². The summed E-state index contributed by atoms with van der Waals surface area (Å²) < 4.78 is 0. The van der Waals surface area contributed by atoms with E-state index in [0.29, 0.717) is 11.4 Å². The van der Waals surface area contributed by atoms with Gasteiger partial charge in [-0.2, -0.15) is 0 Å². The zero-order valence-corrected chi connectivity index (χ0v) is 19.1. The predicted octanol–water partition coefficient (Wildman–Crippen LogP) is 5.55. The Hall–Kier alpha value is -4.29. The second kappa shape index (κ2) is 11.0. The highest BCUT2D eigenvalue weighted by Crippen LogP contribution is 2.19. The van der Waals surface area contributed by atoms with Gasteiger partial charge in [0.2, 0.25) is 11.8 Å². The highest BCUT2D eigenvalue weighted by atomic mass is 32.1. The van der Waals surface area contributed by atoms with E-state index < -0.39 is 0 Å². The molecule has 4 rings (SSSR count). The summed E-state index contributed by atoms with van der Waals surface area (Å²) in [6.07, 6.45) is 3.51. The summed E-state index contributed by atoms with van der Waals surface area (Å²) in [6, 6.07) is 30.6. The zero-order chi connectivity index (χ0) is 23.8. The van der Waals surface area contributed by atoms with Crippen molar-refractivity contribution in [3.8, 4) is 0 Å². The van der Waals surface area contributed by atoms with Crippen LogP contribution in [0.4, 0.5) is 11.4 Å². The van der Waals surface area contributed by atoms with Crippen LogP contribution in [0.1, 0.15) is 11.1 Å². The van der Waals surface area contributed by atoms with Crippen LogP contribution in [0, 0.1) is 0 Å². The Kier molecular flexibility index (Phi) is 7.42. The molecule has 0 unspecified atom stereocenters. The fraction of sp³-hybridized carbons (Fsp3) is 0.0357. The molecule has 2 amide bonds. The van der Waals surface area contributed by atoms with E-state index in [2.05, 4.69) is 16.0 Å². The van der Waals surface area contributed by atoms with Gasteiger partial charge in [-0.05, 0) is 58.4 Å². The van der Waals surface area contributed by atoms with E-state index in [9.17, 15) is 9.59 Å². The maximum absolute atomic E-state index is 12.4. The molecular formula is C28H23N3O2S. The lowest BCUT2D eigenvalue weighted by Gasteiger charge is -2.11. The molecule has 0 radical (unpaired) electrons. The Balaban J connectivity index is 1.32. The van der Waals surface area contributed by atoms with Gasteiger partial charge in [0.1, 0.15) is 0 Å². The molecule has 0 spiro atoms. The van der Waals surface area contributed by atoms with Crippen molar-refractivity contribution in [1.29, 1.82) is 0 Å². The maximum atomic E-state index is 12.4. The van der Waals surface area contributed by atoms with E-state index in [1.165, 1.54) is 6.08 Å². The van der Waals surface area contributed by atoms with E-state index in [1.54, 1.807) is 30.3 Å². The van der Waals surface area contributed by atoms with E-state index in [4.69, 9.17) is 12.2 Å². The lowest BCUT2D eigenvalue weighted by atomic mass is 10.0. The summed E-state index contributed by atoms with van der Waals surface area (Å²) in [7, 11) is 0. The van der Waals surface area contributed by atoms with Crippen LogP contribution in [-0.4, -0.2) is 16.9 Å². The number of nitrogens with one attached hydrogen (secondary N) is 3. The number of thiocarbonyl (C=S) groups is 1. The SMILES string of the molecule is O=C(/C=C/c1cccc2ccccc12)NC(=S)Nc1cccc(NC(=O)Cc2ccccc2)c1. The monoisotopic (exact) mass is 465 g/mol. The molecule has 0 aliphatic heterocycles. The second-order valence-electron chi connectivity index (χ2n) is 7.64. The average Bonchev–Trinajstić information content (AvgIpc) is 2.83. The summed E-state index contributed by atoms with van der Waals surface area (Å²) >= 11 is 5.27. The Labute approximate surface area is 203 Å². The lowest BCUT2D eigenvalue weighted by molar-refractivity contribution is -0.116. The number of carbonyl (C=O) groups is 2. The van der Waals surface area contributed by atoms with Crippen molar-refractivity contribution in [2.75, 3.05) is 10.6 Å². The first-order valence-electron chi connectivity index (χ1n) is 10.8. The normalized spacial score (nSPS) is 10.7. The van der Waals surface area contributed by atoms with Gasteiger partial charge in [-0.1, -0.05) is 78.9 Å². The highest BCUT2D eigenvalue weighted by molar-refractivity contribution is 7.80. The van der Waals surface area contributed by atoms with Crippen molar-refractivity contribution in [2.45, 2.75) is 6.42 Å². The van der Waals surface area contributed by atoms with Crippen molar-refractivity contribution < 1.29 is 9.59 Å². The summed E-state index contributed by atoms with van der Waals surface area (Å²) in [6.45, 7) is 0. The largest absolute Gasteiger partial charge is 0.332 e. The first kappa shape index (κ1) is 22.9. The highest BCUT2D eigenvalue weighted by Gasteiger charge is 2.06. The van der Waals surface area contributed by atoms with Crippen LogP contribution >= 0.6 is 12.2 Å². The fourth-order valence-corrected chi connectivity index (χ4v) is 3.76. The third-order valence-electron chi connectivity index (χ3n) is 5.09. The molecular weight excluding hydrogens is 442 g/mol. The Morgan fingerprint density at radius 3 is 2.26 bits per heavy atom. The smallest absolute Gasteiger partial charge is 0.250 e. The molecule has 0 aliphatic rings. The van der Waals surface area contributed by atoms with Crippen molar-refractivity contribution in [1.82, 2.24) is 5.32 Å². The molecule has 0 heterocycles. The van der Waals surface area contributed by atoms with E-state index in [0.717, 1.165) is 21.9 Å². The van der Waals surface area contributed by atoms with Gasteiger partial charge in [0.25, 0.3) is 0 Å². The van der Waals surface area contributed by atoms with Crippen LogP contribution in [0.5, 0.6) is 0 Å². The molecule has 0 atom stereocenters. The Morgan fingerprint density at radius 2 is 1.44 bits per heavy atom. The first-order chi connectivity index (χ1) is 16.6. The van der Waals surface area contributed by atoms with Crippen molar-refractivity contribution in [3.05, 3.63) is 114 Å². The maximum Gasteiger partial charge on any atom is 0.250 e. The third-order valence-corrected chi connectivity index (χ3v) is 5.29. The molecule has 0 fully saturated rings. The lowest BCUT2D eigenvalue weighted by Crippen LogP contribution is -2.32. The third kappa shape index (κ3) is 6.37. The van der Waals surface area contributed by atoms with Crippen LogP contribution in [0.15, 0.2) is 103 Å². The minimum Gasteiger partial charge on any atom is -0.332 e. The minimum atomic E-state index is -0.335. The van der Waals surface area contributed by atoms with E-state index in [1.807, 2.05) is 72.8 Å². The van der Waals surface area contributed by atoms with Gasteiger partial charge in [-0.3, -0.25) is 14.9 Å². The van der Waals surface area contributed by atoms with E-state index >= 15 is 0 Å². The Morgan fingerprint density at radius 1 is 0.765 bits per heavy atom. The van der Waals surface area contributed by atoms with Gasteiger partial charge in [-0.15, -0.1) is 0 Å². The number of hydrogen-bond donors (Lipinski definition) is 3. The molecule has 6 heteroatoms. The average molecular weight is 466 g/mol. The van der Waals surface area contributed by atoms with E-state index in [-0.39, 0.29) is 23.3 Å². The fourth-order valence-electron chi connectivity index (χ4n) is 3.54. The summed E-state index contributed by atoms with van der Waals surface area (Å²) in [5.74, 6) is -0.449. The van der Waals surface area contributed by atoms with Crippen LogP contribution < -0.4 is 16.0 Å². The summed E-state index contributed by atoms with van der Waals surface area (Å²) in [5.41, 5.74) is 3.18. The number of amides is 2. The number of rotatable bonds is 6. The first-order valence-corrected chi connectivity index (χ1v) is 11.2. The van der Waals surface area contributed by atoms with Gasteiger partial charge in [0.05, 0.1) is 6.42 Å². The number of carbonyl (C=O) groups excluding carboxylic acids is 2. The van der Waals surface area contributed by atoms with Crippen molar-refractivity contribution >= 4 is 57.4 Å². The molecule has 168 valence electrons. The molecule has 4 aromatic carbocycles. The topological polar surface area (TPSA) is 70.2 Å². The Bertz CT molecular complexity index is 1360. The molecule has 0 bridgehead atoms. The van der Waals surface area contributed by atoms with Crippen LogP contribution in [0.2, 0.25) is 0 Å². The zero-order valence-electron chi connectivity index (χ0n) is 18.3. The number of anilines is 2. The standard InChI is InChI=1S/C28H23N3O2S/c32-26(17-16-22-12-6-11-21-10-4-5-15-25(21)22)31-28(34)30-24-14-7-13-23(19-24)29-27(33)18-20-8-2-1-3-9-20/h1-17,19H,18H2,(H,29,33)(H2,30,31,32,34)/b17-16+. The molecule has 0 aromatic heterocycles. The molecule has 34 heavy (non-hydrogen) atoms. The van der Waals surface area contributed by atoms with Gasteiger partial charge < -0.3 is 10.6 Å². The summed E-state index contributed by atoms with van der Waals surface area (Å²) in [5, 5.41) is 10.8. The number of benzene rings is 4. The van der Waals surface area contributed by atoms with Crippen molar-refractivity contribution in [2.24, 2.45) is 0 Å². The van der Waals surface area contributed by atoms with Gasteiger partial charge in [0, 0.05) is 17.5 Å². The molecule has 0 saturated heterocycles. The number of fused-ring (bicyclic) bond motifs is 1. The molecule has 5 nitrogen and oxygen atoms in total. The van der Waals surface area contributed by atoms with Crippen LogP contribution in [0.3, 0.4) is 0 Å². The molecule has 0 saturated carbocycles. The molecule has 0 aliphatic carbocycles. The van der Waals surface area contributed by atoms with Crippen LogP contribution in [0.25, 0.3) is 16.8 Å².